The number of carbonyl (C=O) groups is 2. The van der Waals surface area contributed by atoms with Gasteiger partial charge in [-0.15, -0.1) is 0 Å². The highest BCUT2D eigenvalue weighted by Crippen LogP contribution is 2.35. The monoisotopic (exact) mass is 342 g/mol. The largest absolute Gasteiger partial charge is 0.484 e. The zero-order chi connectivity index (χ0) is 18.0. The lowest BCUT2D eigenvalue weighted by atomic mass is 10.1. The Labute approximate surface area is 145 Å². The van der Waals surface area contributed by atoms with Crippen molar-refractivity contribution >= 4 is 23.2 Å². The minimum Gasteiger partial charge on any atom is -0.484 e. The fourth-order valence-electron chi connectivity index (χ4n) is 3.05. The molecule has 0 radical (unpaired) electrons. The molecule has 2 aromatic carbocycles. The van der Waals surface area contributed by atoms with Crippen LogP contribution in [0.4, 0.5) is 15.8 Å². The maximum absolute atomic E-state index is 12.9. The lowest BCUT2D eigenvalue weighted by Gasteiger charge is -2.40. The Kier molecular flexibility index (Phi) is 4.70. The van der Waals surface area contributed by atoms with E-state index in [1.54, 1.807) is 9.80 Å². The van der Waals surface area contributed by atoms with E-state index in [4.69, 9.17) is 4.74 Å². The highest BCUT2D eigenvalue weighted by atomic mass is 19.1. The number of carbonyl (C=O) groups excluding carboxylic acids is 2. The molecule has 25 heavy (non-hydrogen) atoms. The van der Waals surface area contributed by atoms with Gasteiger partial charge in [-0.25, -0.2) is 4.39 Å². The number of rotatable bonds is 3. The number of anilines is 2. The Bertz CT molecular complexity index is 792. The number of ether oxygens (including phenoxy) is 1. The summed E-state index contributed by atoms with van der Waals surface area (Å²) in [6.45, 7) is 3.65. The summed E-state index contributed by atoms with van der Waals surface area (Å²) < 4.78 is 18.4. The molecule has 0 saturated carbocycles. The highest BCUT2D eigenvalue weighted by Gasteiger charge is 2.33. The number of para-hydroxylation sites is 2. The molecule has 2 amide bonds. The van der Waals surface area contributed by atoms with Gasteiger partial charge < -0.3 is 14.5 Å². The quantitative estimate of drug-likeness (QED) is 0.862. The van der Waals surface area contributed by atoms with Crippen LogP contribution in [0.5, 0.6) is 5.75 Å². The van der Waals surface area contributed by atoms with Crippen LogP contribution in [0.25, 0.3) is 0 Å². The van der Waals surface area contributed by atoms with Crippen LogP contribution in [-0.2, 0) is 9.59 Å². The topological polar surface area (TPSA) is 49.9 Å². The summed E-state index contributed by atoms with van der Waals surface area (Å²) in [7, 11) is 0. The molecule has 1 heterocycles. The third kappa shape index (κ3) is 3.47. The molecule has 0 aromatic heterocycles. The van der Waals surface area contributed by atoms with Crippen LogP contribution in [0.1, 0.15) is 13.8 Å². The zero-order valence-corrected chi connectivity index (χ0v) is 14.1. The van der Waals surface area contributed by atoms with Gasteiger partial charge in [0.15, 0.2) is 6.61 Å². The lowest BCUT2D eigenvalue weighted by molar-refractivity contribution is -0.121. The van der Waals surface area contributed by atoms with E-state index in [0.717, 1.165) is 0 Å². The van der Waals surface area contributed by atoms with Crippen LogP contribution in [0.15, 0.2) is 48.5 Å². The summed E-state index contributed by atoms with van der Waals surface area (Å²) in [5.74, 6) is -0.207. The van der Waals surface area contributed by atoms with Crippen molar-refractivity contribution in [1.82, 2.24) is 0 Å². The lowest BCUT2D eigenvalue weighted by Crippen LogP contribution is -2.52. The average Bonchev–Trinajstić information content (AvgIpc) is 2.59. The number of hydrogen-bond donors (Lipinski definition) is 0. The molecule has 0 spiro atoms. The van der Waals surface area contributed by atoms with Crippen molar-refractivity contribution in [1.29, 1.82) is 0 Å². The van der Waals surface area contributed by atoms with Gasteiger partial charge in [-0.2, -0.15) is 0 Å². The van der Waals surface area contributed by atoms with Crippen LogP contribution in [-0.4, -0.2) is 31.0 Å². The first-order valence-electron chi connectivity index (χ1n) is 8.05. The standard InChI is InChI=1S/C19H19FN2O3/c1-13-11-21(17-5-3-4-6-18(17)22(13)14(2)23)19(24)12-25-16-9-7-15(20)8-10-16/h3-10,13H,11-12H2,1-2H3. The molecule has 0 fully saturated rings. The Hall–Kier alpha value is -2.89. The normalized spacial score (nSPS) is 16.4. The van der Waals surface area contributed by atoms with Crippen LogP contribution >= 0.6 is 0 Å². The molecule has 0 bridgehead atoms. The molecule has 1 aliphatic heterocycles. The maximum atomic E-state index is 12.9. The van der Waals surface area contributed by atoms with Crippen LogP contribution in [0, 0.1) is 5.82 Å². The Balaban J connectivity index is 1.79. The van der Waals surface area contributed by atoms with Crippen molar-refractivity contribution in [2.75, 3.05) is 23.0 Å². The van der Waals surface area contributed by atoms with E-state index < -0.39 is 0 Å². The second-order valence-corrected chi connectivity index (χ2v) is 5.97. The van der Waals surface area contributed by atoms with Crippen molar-refractivity contribution in [3.8, 4) is 5.75 Å². The fraction of sp³-hybridized carbons (Fsp3) is 0.263. The molecule has 0 saturated heterocycles. The molecule has 1 atom stereocenters. The Morgan fingerprint density at radius 1 is 1.12 bits per heavy atom. The van der Waals surface area contributed by atoms with E-state index in [-0.39, 0.29) is 30.3 Å². The van der Waals surface area contributed by atoms with Gasteiger partial charge in [0, 0.05) is 13.5 Å². The van der Waals surface area contributed by atoms with Crippen LogP contribution in [0.3, 0.4) is 0 Å². The Morgan fingerprint density at radius 2 is 1.76 bits per heavy atom. The minimum atomic E-state index is -0.359. The second kappa shape index (κ2) is 6.93. The average molecular weight is 342 g/mol. The molecule has 1 unspecified atom stereocenters. The van der Waals surface area contributed by atoms with Crippen molar-refractivity contribution in [2.24, 2.45) is 0 Å². The first-order chi connectivity index (χ1) is 12.0. The van der Waals surface area contributed by atoms with Gasteiger partial charge >= 0.3 is 0 Å². The summed E-state index contributed by atoms with van der Waals surface area (Å²) in [4.78, 5) is 27.9. The molecule has 5 nitrogen and oxygen atoms in total. The zero-order valence-electron chi connectivity index (χ0n) is 14.1. The molecule has 0 N–H and O–H groups in total. The van der Waals surface area contributed by atoms with Gasteiger partial charge in [0.05, 0.1) is 17.4 Å². The highest BCUT2D eigenvalue weighted by molar-refractivity contribution is 6.04. The molecule has 0 aliphatic carbocycles. The summed E-state index contributed by atoms with van der Waals surface area (Å²) in [6, 6.07) is 12.7. The number of halogens is 1. The maximum Gasteiger partial charge on any atom is 0.265 e. The molecular formula is C19H19FN2O3. The van der Waals surface area contributed by atoms with Gasteiger partial charge in [-0.1, -0.05) is 12.1 Å². The molecule has 2 aromatic rings. The number of fused-ring (bicyclic) bond motifs is 1. The summed E-state index contributed by atoms with van der Waals surface area (Å²) >= 11 is 0. The van der Waals surface area contributed by atoms with Crippen LogP contribution in [0.2, 0.25) is 0 Å². The Morgan fingerprint density at radius 3 is 2.40 bits per heavy atom. The molecular weight excluding hydrogens is 323 g/mol. The second-order valence-electron chi connectivity index (χ2n) is 5.97. The van der Waals surface area contributed by atoms with Crippen molar-refractivity contribution in [3.05, 3.63) is 54.3 Å². The molecule has 6 heteroatoms. The molecule has 130 valence electrons. The van der Waals surface area contributed by atoms with E-state index >= 15 is 0 Å². The molecule has 3 rings (SSSR count). The predicted octanol–water partition coefficient (Wildman–Crippen LogP) is 2.99. The first-order valence-corrected chi connectivity index (χ1v) is 8.05. The van der Waals surface area contributed by atoms with Gasteiger partial charge in [0.25, 0.3) is 5.91 Å². The SMILES string of the molecule is CC(=O)N1c2ccccc2N(C(=O)COc2ccc(F)cc2)CC1C. The number of amides is 2. The smallest absolute Gasteiger partial charge is 0.265 e. The van der Waals surface area contributed by atoms with Gasteiger partial charge in [0.2, 0.25) is 5.91 Å². The number of nitrogens with zero attached hydrogens (tertiary/aromatic N) is 2. The van der Waals surface area contributed by atoms with E-state index in [2.05, 4.69) is 0 Å². The molecule has 1 aliphatic rings. The van der Waals surface area contributed by atoms with E-state index in [0.29, 0.717) is 23.7 Å². The minimum absolute atomic E-state index is 0.0605. The van der Waals surface area contributed by atoms with Crippen molar-refractivity contribution < 1.29 is 18.7 Å². The van der Waals surface area contributed by atoms with Crippen molar-refractivity contribution in [3.63, 3.8) is 0 Å². The number of hydrogen-bond acceptors (Lipinski definition) is 3. The summed E-state index contributed by atoms with van der Waals surface area (Å²) in [5, 5.41) is 0. The van der Waals surface area contributed by atoms with Crippen molar-refractivity contribution in [2.45, 2.75) is 19.9 Å². The van der Waals surface area contributed by atoms with E-state index in [9.17, 15) is 14.0 Å². The van der Waals surface area contributed by atoms with Gasteiger partial charge in [-0.3, -0.25) is 9.59 Å². The third-order valence-electron chi connectivity index (χ3n) is 4.14. The summed E-state index contributed by atoms with van der Waals surface area (Å²) in [5.41, 5.74) is 1.40. The fourth-order valence-corrected chi connectivity index (χ4v) is 3.05. The van der Waals surface area contributed by atoms with E-state index in [1.165, 1.54) is 31.2 Å². The number of benzene rings is 2. The van der Waals surface area contributed by atoms with Gasteiger partial charge in [-0.05, 0) is 43.3 Å². The third-order valence-corrected chi connectivity index (χ3v) is 4.14. The van der Waals surface area contributed by atoms with Crippen LogP contribution < -0.4 is 14.5 Å². The van der Waals surface area contributed by atoms with Gasteiger partial charge in [0.1, 0.15) is 11.6 Å². The predicted molar refractivity (Wildman–Crippen MR) is 93.3 cm³/mol. The summed E-state index contributed by atoms with van der Waals surface area (Å²) in [6.07, 6.45) is 0. The first kappa shape index (κ1) is 17.0. The van der Waals surface area contributed by atoms with E-state index in [1.807, 2.05) is 31.2 Å².